The summed E-state index contributed by atoms with van der Waals surface area (Å²) in [6.07, 6.45) is 5.73. The Hall–Kier alpha value is -7.63. The fourth-order valence-electron chi connectivity index (χ4n) is 10.2. The van der Waals surface area contributed by atoms with Gasteiger partial charge in [-0.25, -0.2) is 4.98 Å². The van der Waals surface area contributed by atoms with E-state index in [1.165, 1.54) is 44.3 Å². The van der Waals surface area contributed by atoms with Crippen molar-refractivity contribution in [1.29, 1.82) is 0 Å². The summed E-state index contributed by atoms with van der Waals surface area (Å²) >= 11 is 0. The largest absolute Gasteiger partial charge is 0.310 e. The summed E-state index contributed by atoms with van der Waals surface area (Å²) < 4.78 is 2.33. The Morgan fingerprint density at radius 2 is 1.08 bits per heavy atom. The van der Waals surface area contributed by atoms with Gasteiger partial charge in [-0.3, -0.25) is 4.57 Å². The maximum atomic E-state index is 5.38. The molecule has 5 nitrogen and oxygen atoms in total. The Kier molecular flexibility index (Phi) is 7.73. The van der Waals surface area contributed by atoms with Crippen LogP contribution in [0.2, 0.25) is 0 Å². The van der Waals surface area contributed by atoms with Gasteiger partial charge in [0.1, 0.15) is 0 Å². The Morgan fingerprint density at radius 3 is 1.70 bits per heavy atom. The van der Waals surface area contributed by atoms with E-state index in [9.17, 15) is 0 Å². The molecule has 5 heteroatoms. The van der Waals surface area contributed by atoms with Gasteiger partial charge in [-0.05, 0) is 82.6 Å². The topological polar surface area (TPSA) is 46.8 Å². The maximum absolute atomic E-state index is 5.38. The average molecular weight is 770 g/mol. The third kappa shape index (κ3) is 5.02. The Morgan fingerprint density at radius 1 is 0.550 bits per heavy atom. The summed E-state index contributed by atoms with van der Waals surface area (Å²) in [5.41, 5.74) is 16.0. The van der Waals surface area contributed by atoms with Gasteiger partial charge in [0.15, 0.2) is 11.6 Å². The minimum atomic E-state index is -0.527. The normalized spacial score (nSPS) is 17.1. The van der Waals surface area contributed by atoms with Crippen LogP contribution in [0.5, 0.6) is 0 Å². The van der Waals surface area contributed by atoms with Crippen molar-refractivity contribution in [3.8, 4) is 40.0 Å². The van der Waals surface area contributed by atoms with Crippen molar-refractivity contribution in [3.63, 3.8) is 0 Å². The lowest BCUT2D eigenvalue weighted by molar-refractivity contribution is 0.633. The van der Waals surface area contributed by atoms with Crippen molar-refractivity contribution >= 4 is 33.5 Å². The molecule has 284 valence electrons. The summed E-state index contributed by atoms with van der Waals surface area (Å²) in [6.45, 7) is 2.35. The quantitative estimate of drug-likeness (QED) is 0.169. The van der Waals surface area contributed by atoms with Gasteiger partial charge in [-0.1, -0.05) is 165 Å². The molecule has 2 heterocycles. The lowest BCUT2D eigenvalue weighted by Crippen LogP contribution is -2.28. The zero-order chi connectivity index (χ0) is 39.8. The molecule has 0 saturated heterocycles. The van der Waals surface area contributed by atoms with Crippen LogP contribution in [0.4, 0.5) is 17.1 Å². The second kappa shape index (κ2) is 13.5. The lowest BCUT2D eigenvalue weighted by Gasteiger charge is -2.34. The smallest absolute Gasteiger partial charge is 0.238 e. The molecular weight excluding hydrogens is 731 g/mol. The second-order valence-corrected chi connectivity index (χ2v) is 16.1. The fourth-order valence-corrected chi connectivity index (χ4v) is 10.2. The van der Waals surface area contributed by atoms with E-state index in [2.05, 4.69) is 180 Å². The molecule has 0 bridgehead atoms. The van der Waals surface area contributed by atoms with Crippen LogP contribution in [0.1, 0.15) is 35.6 Å². The standard InChI is InChI=1S/C55H39N5/c1-36-30-32-43-42-26-14-16-28-46(42)55(48(43)34-36)47-29-17-15-27-44(47)51-50(55)45-35-41(59(39-22-10-4-11-23-39)40-24-12-5-13-25-40)31-33-49(45)60(51)54-57-52(37-18-6-2-7-19-37)56-53(58-54)38-20-8-3-9-21-38/h2-33,35-36H,34H2,1H3. The molecule has 3 aliphatic rings. The van der Waals surface area contributed by atoms with Crippen LogP contribution in [0.25, 0.3) is 56.5 Å². The van der Waals surface area contributed by atoms with Crippen molar-refractivity contribution in [3.05, 3.63) is 228 Å². The molecule has 2 aromatic heterocycles. The SMILES string of the molecule is CC1C=CC2=C(C1)C1(c3ccccc32)c2ccccc2-c2c1c1cc(N(c3ccccc3)c3ccccc3)ccc1n2-c1nc(-c2ccccc2)nc(-c2ccccc2)n1. The van der Waals surface area contributed by atoms with E-state index in [4.69, 9.17) is 15.0 Å². The second-order valence-electron chi connectivity index (χ2n) is 16.1. The molecule has 7 aromatic carbocycles. The highest BCUT2D eigenvalue weighted by Gasteiger charge is 2.55. The number of benzene rings is 7. The van der Waals surface area contributed by atoms with Crippen LogP contribution in [0.3, 0.4) is 0 Å². The number of nitrogens with zero attached hydrogens (tertiary/aromatic N) is 5. The number of hydrogen-bond acceptors (Lipinski definition) is 4. The predicted octanol–water partition coefficient (Wildman–Crippen LogP) is 13.3. The van der Waals surface area contributed by atoms with E-state index in [1.54, 1.807) is 0 Å². The van der Waals surface area contributed by atoms with Gasteiger partial charge in [0.05, 0.1) is 16.6 Å². The van der Waals surface area contributed by atoms with Crippen LogP contribution >= 0.6 is 0 Å². The maximum Gasteiger partial charge on any atom is 0.238 e. The summed E-state index contributed by atoms with van der Waals surface area (Å²) in [5, 5.41) is 1.17. The third-order valence-corrected chi connectivity index (χ3v) is 12.6. The highest BCUT2D eigenvalue weighted by Crippen LogP contribution is 2.66. The number of aromatic nitrogens is 4. The summed E-state index contributed by atoms with van der Waals surface area (Å²) in [5.74, 6) is 2.25. The van der Waals surface area contributed by atoms with Gasteiger partial charge in [0, 0.05) is 44.7 Å². The fraction of sp³-hybridized carbons (Fsp3) is 0.0727. The lowest BCUT2D eigenvalue weighted by atomic mass is 9.67. The Labute approximate surface area is 349 Å². The zero-order valence-electron chi connectivity index (χ0n) is 33.1. The third-order valence-electron chi connectivity index (χ3n) is 12.6. The van der Waals surface area contributed by atoms with Crippen molar-refractivity contribution in [2.75, 3.05) is 4.90 Å². The number of fused-ring (bicyclic) bond motifs is 11. The van der Waals surface area contributed by atoms with E-state index in [-0.39, 0.29) is 0 Å². The molecule has 0 saturated carbocycles. The molecule has 0 radical (unpaired) electrons. The van der Waals surface area contributed by atoms with Crippen LogP contribution in [-0.2, 0) is 5.41 Å². The summed E-state index contributed by atoms with van der Waals surface area (Å²) in [6, 6.07) is 67.0. The predicted molar refractivity (Wildman–Crippen MR) is 244 cm³/mol. The van der Waals surface area contributed by atoms with E-state index in [0.717, 1.165) is 45.8 Å². The Bertz CT molecular complexity index is 3090. The first-order valence-corrected chi connectivity index (χ1v) is 20.8. The molecule has 2 unspecified atom stereocenters. The highest BCUT2D eigenvalue weighted by molar-refractivity contribution is 6.06. The van der Waals surface area contributed by atoms with Gasteiger partial charge in [0.2, 0.25) is 5.95 Å². The minimum absolute atomic E-state index is 0.395. The van der Waals surface area contributed by atoms with Crippen LogP contribution in [0, 0.1) is 5.92 Å². The van der Waals surface area contributed by atoms with E-state index in [1.807, 2.05) is 36.4 Å². The molecule has 0 fully saturated rings. The van der Waals surface area contributed by atoms with Gasteiger partial charge < -0.3 is 4.90 Å². The van der Waals surface area contributed by atoms with Crippen LogP contribution in [-0.4, -0.2) is 19.5 Å². The highest BCUT2D eigenvalue weighted by atomic mass is 15.2. The summed E-state index contributed by atoms with van der Waals surface area (Å²) in [7, 11) is 0. The number of anilines is 3. The molecule has 0 N–H and O–H groups in total. The molecule has 0 amide bonds. The van der Waals surface area contributed by atoms with Gasteiger partial charge in [-0.2, -0.15) is 9.97 Å². The first kappa shape index (κ1) is 34.4. The zero-order valence-corrected chi connectivity index (χ0v) is 33.1. The minimum Gasteiger partial charge on any atom is -0.310 e. The molecule has 2 atom stereocenters. The first-order valence-electron chi connectivity index (χ1n) is 20.8. The van der Waals surface area contributed by atoms with Gasteiger partial charge >= 0.3 is 0 Å². The van der Waals surface area contributed by atoms with Crippen molar-refractivity contribution in [2.24, 2.45) is 5.92 Å². The number of hydrogen-bond donors (Lipinski definition) is 0. The van der Waals surface area contributed by atoms with Gasteiger partial charge in [0.25, 0.3) is 0 Å². The van der Waals surface area contributed by atoms with Crippen LogP contribution in [0.15, 0.2) is 206 Å². The molecule has 1 spiro atoms. The van der Waals surface area contributed by atoms with Crippen molar-refractivity contribution in [1.82, 2.24) is 19.5 Å². The van der Waals surface area contributed by atoms with Crippen LogP contribution < -0.4 is 4.90 Å². The van der Waals surface area contributed by atoms with E-state index >= 15 is 0 Å². The monoisotopic (exact) mass is 769 g/mol. The van der Waals surface area contributed by atoms with Gasteiger partial charge in [-0.15, -0.1) is 0 Å². The molecular formula is C55H39N5. The molecule has 0 aliphatic heterocycles. The van der Waals surface area contributed by atoms with Crippen molar-refractivity contribution < 1.29 is 0 Å². The first-order chi connectivity index (χ1) is 29.7. The molecule has 3 aliphatic carbocycles. The number of rotatable bonds is 6. The van der Waals surface area contributed by atoms with E-state index < -0.39 is 5.41 Å². The molecule has 12 rings (SSSR count). The molecule has 9 aromatic rings. The average Bonchev–Trinajstić information content (AvgIpc) is 3.91. The van der Waals surface area contributed by atoms with E-state index in [0.29, 0.717) is 23.5 Å². The number of para-hydroxylation sites is 2. The van der Waals surface area contributed by atoms with Crippen molar-refractivity contribution in [2.45, 2.75) is 18.8 Å². The Balaban J connectivity index is 1.23. The molecule has 60 heavy (non-hydrogen) atoms. The summed E-state index contributed by atoms with van der Waals surface area (Å²) in [4.78, 5) is 18.2. The number of allylic oxidation sites excluding steroid dienone is 4.